The lowest BCUT2D eigenvalue weighted by atomic mass is 9.80. The fourth-order valence-electron chi connectivity index (χ4n) is 3.90. The predicted molar refractivity (Wildman–Crippen MR) is 126 cm³/mol. The average molecular weight is 502 g/mol. The van der Waals surface area contributed by atoms with Gasteiger partial charge in [0.1, 0.15) is 12.0 Å². The van der Waals surface area contributed by atoms with Crippen LogP contribution in [0.2, 0.25) is 0 Å². The molecule has 0 amide bonds. The number of alkyl halides is 3. The Labute approximate surface area is 205 Å². The van der Waals surface area contributed by atoms with E-state index in [1.165, 1.54) is 38.1 Å². The molecule has 36 heavy (non-hydrogen) atoms. The number of aliphatic carboxylic acids is 1. The maximum Gasteiger partial charge on any atom is 0.416 e. The number of carboxylic acid groups (broad SMARTS) is 1. The van der Waals surface area contributed by atoms with Crippen molar-refractivity contribution in [1.29, 1.82) is 0 Å². The van der Waals surface area contributed by atoms with Gasteiger partial charge in [-0.3, -0.25) is 4.99 Å². The van der Waals surface area contributed by atoms with Crippen molar-refractivity contribution in [3.8, 4) is 0 Å². The molecule has 1 saturated carbocycles. The van der Waals surface area contributed by atoms with Gasteiger partial charge in [0.2, 0.25) is 5.84 Å². The smallest absolute Gasteiger partial charge is 0.416 e. The number of carbonyl (C=O) groups is 1. The molecule has 2 N–H and O–H groups in total. The van der Waals surface area contributed by atoms with Crippen molar-refractivity contribution >= 4 is 23.5 Å². The van der Waals surface area contributed by atoms with Gasteiger partial charge in [-0.2, -0.15) is 13.2 Å². The van der Waals surface area contributed by atoms with Gasteiger partial charge in [-0.25, -0.2) is 19.8 Å². The second kappa shape index (κ2) is 10.3. The quantitative estimate of drug-likeness (QED) is 0.454. The third-order valence-electron chi connectivity index (χ3n) is 6.19. The summed E-state index contributed by atoms with van der Waals surface area (Å²) in [5, 5.41) is 12.8. The summed E-state index contributed by atoms with van der Waals surface area (Å²) in [5.74, 6) is -0.819. The molecule has 9 nitrogen and oxygen atoms in total. The topological polar surface area (TPSA) is 116 Å². The molecule has 1 aliphatic carbocycles. The van der Waals surface area contributed by atoms with Crippen LogP contribution in [0.3, 0.4) is 0 Å². The lowest BCUT2D eigenvalue weighted by molar-refractivity contribution is -0.137. The van der Waals surface area contributed by atoms with E-state index in [1.807, 2.05) is 0 Å². The van der Waals surface area contributed by atoms with E-state index in [9.17, 15) is 23.1 Å². The van der Waals surface area contributed by atoms with Crippen LogP contribution in [0.4, 0.5) is 13.2 Å². The molecule has 2 aromatic rings. The highest BCUT2D eigenvalue weighted by atomic mass is 19.4. The zero-order chi connectivity index (χ0) is 25.9. The molecule has 0 bridgehead atoms. The van der Waals surface area contributed by atoms with Gasteiger partial charge >= 0.3 is 12.1 Å². The van der Waals surface area contributed by atoms with Crippen molar-refractivity contribution in [3.63, 3.8) is 0 Å². The first kappa shape index (κ1) is 25.1. The van der Waals surface area contributed by atoms with Crippen LogP contribution in [0, 0.1) is 5.92 Å². The van der Waals surface area contributed by atoms with Crippen LogP contribution in [-0.4, -0.2) is 51.6 Å². The van der Waals surface area contributed by atoms with Crippen molar-refractivity contribution < 1.29 is 27.5 Å². The molecule has 0 unspecified atom stereocenters. The van der Waals surface area contributed by atoms with Crippen LogP contribution in [0.1, 0.15) is 43.2 Å². The van der Waals surface area contributed by atoms with Crippen molar-refractivity contribution in [3.05, 3.63) is 65.6 Å². The third kappa shape index (κ3) is 5.47. The highest BCUT2D eigenvalue weighted by molar-refractivity contribution is 6.38. The monoisotopic (exact) mass is 502 g/mol. The summed E-state index contributed by atoms with van der Waals surface area (Å²) < 4.78 is 44.5. The Bertz CT molecular complexity index is 1210. The van der Waals surface area contributed by atoms with Gasteiger partial charge < -0.3 is 19.7 Å². The van der Waals surface area contributed by atoms with Crippen LogP contribution < -0.4 is 5.32 Å². The van der Waals surface area contributed by atoms with E-state index in [0.717, 1.165) is 25.0 Å². The van der Waals surface area contributed by atoms with E-state index in [-0.39, 0.29) is 30.1 Å². The Balaban J connectivity index is 1.73. The molecule has 0 spiro atoms. The van der Waals surface area contributed by atoms with Crippen molar-refractivity contribution in [2.24, 2.45) is 20.9 Å². The van der Waals surface area contributed by atoms with E-state index < -0.39 is 23.5 Å². The van der Waals surface area contributed by atoms with Gasteiger partial charge in [0, 0.05) is 25.8 Å². The normalized spacial score (nSPS) is 20.0. The van der Waals surface area contributed by atoms with Crippen LogP contribution in [0.25, 0.3) is 0 Å². The summed E-state index contributed by atoms with van der Waals surface area (Å²) in [6.45, 7) is 2.16. The second-order valence-electron chi connectivity index (χ2n) is 8.52. The first-order chi connectivity index (χ1) is 17.2. The molecule has 0 radical (unpaired) electrons. The first-order valence-electron chi connectivity index (χ1n) is 11.3. The predicted octanol–water partition coefficient (Wildman–Crippen LogP) is 4.09. The van der Waals surface area contributed by atoms with Crippen LogP contribution in [0.5, 0.6) is 0 Å². The van der Waals surface area contributed by atoms with Crippen molar-refractivity contribution in [2.45, 2.75) is 44.9 Å². The number of halogens is 3. The molecule has 12 heteroatoms. The number of amidine groups is 3. The molecule has 1 fully saturated rings. The molecule has 2 heterocycles. The van der Waals surface area contributed by atoms with Crippen molar-refractivity contribution in [1.82, 2.24) is 15.2 Å². The number of oxazole rings is 1. The molecule has 4 rings (SSSR count). The minimum absolute atomic E-state index is 0.0615. The van der Waals surface area contributed by atoms with Gasteiger partial charge in [-0.15, -0.1) is 0 Å². The number of rotatable bonds is 6. The largest absolute Gasteiger partial charge is 0.475 e. The molecule has 0 saturated heterocycles. The minimum Gasteiger partial charge on any atom is -0.475 e. The van der Waals surface area contributed by atoms with E-state index in [2.05, 4.69) is 32.2 Å². The Morgan fingerprint density at radius 1 is 1.33 bits per heavy atom. The van der Waals surface area contributed by atoms with Crippen LogP contribution in [-0.2, 0) is 17.5 Å². The number of benzene rings is 1. The first-order valence-corrected chi connectivity index (χ1v) is 11.3. The summed E-state index contributed by atoms with van der Waals surface area (Å²) in [7, 11) is 1.31. The SMILES string of the molecule is C\N=C(/N=C1/N=C(c2ncco2)N(Cc2ccc(C(F)(F)F)cc2)/C1=C\N[C@H](C)C1CCC1)C(=O)O. The summed E-state index contributed by atoms with van der Waals surface area (Å²) in [6.07, 6.45) is 3.43. The molecule has 1 aromatic carbocycles. The molecule has 190 valence electrons. The number of aromatic nitrogens is 1. The Hall–Kier alpha value is -3.96. The van der Waals surface area contributed by atoms with E-state index in [1.54, 1.807) is 11.1 Å². The second-order valence-corrected chi connectivity index (χ2v) is 8.52. The zero-order valence-electron chi connectivity index (χ0n) is 19.7. The maximum atomic E-state index is 13.0. The lowest BCUT2D eigenvalue weighted by Gasteiger charge is -2.32. The van der Waals surface area contributed by atoms with Crippen LogP contribution in [0.15, 0.2) is 68.0 Å². The number of hydrogen-bond acceptors (Lipinski definition) is 6. The minimum atomic E-state index is -4.45. The number of hydrogen-bond donors (Lipinski definition) is 2. The van der Waals surface area contributed by atoms with E-state index in [4.69, 9.17) is 4.42 Å². The highest BCUT2D eigenvalue weighted by Crippen LogP contribution is 2.31. The Kier molecular flexibility index (Phi) is 7.22. The Morgan fingerprint density at radius 2 is 2.06 bits per heavy atom. The van der Waals surface area contributed by atoms with E-state index in [0.29, 0.717) is 17.2 Å². The van der Waals surface area contributed by atoms with Gasteiger partial charge in [0.05, 0.1) is 11.8 Å². The summed E-state index contributed by atoms with van der Waals surface area (Å²) in [5.41, 5.74) is 0.217. The summed E-state index contributed by atoms with van der Waals surface area (Å²) >= 11 is 0. The summed E-state index contributed by atoms with van der Waals surface area (Å²) in [4.78, 5) is 29.7. The molecule has 1 aromatic heterocycles. The van der Waals surface area contributed by atoms with Gasteiger partial charge in [-0.05, 0) is 43.4 Å². The lowest BCUT2D eigenvalue weighted by Crippen LogP contribution is -2.36. The zero-order valence-corrected chi connectivity index (χ0v) is 19.7. The molecule has 2 aliphatic rings. The van der Waals surface area contributed by atoms with E-state index >= 15 is 0 Å². The molecular weight excluding hydrogens is 477 g/mol. The number of nitrogens with zero attached hydrogens (tertiary/aromatic N) is 5. The number of nitrogens with one attached hydrogen (secondary N) is 1. The third-order valence-corrected chi connectivity index (χ3v) is 6.19. The van der Waals surface area contributed by atoms with Crippen molar-refractivity contribution in [2.75, 3.05) is 7.05 Å². The Morgan fingerprint density at radius 3 is 2.58 bits per heavy atom. The maximum absolute atomic E-state index is 13.0. The molecule has 1 atom stereocenters. The molecule has 1 aliphatic heterocycles. The fourth-order valence-corrected chi connectivity index (χ4v) is 3.90. The summed E-state index contributed by atoms with van der Waals surface area (Å²) in [6, 6.07) is 4.92. The standard InChI is InChI=1S/C24H25F3N6O3/c1-14(16-4-3-5-16)30-12-18-19(31-20(28-2)23(34)35)32-21(22-29-10-11-36-22)33(18)13-15-6-8-17(9-7-15)24(25,26)27/h6-12,14,16,30H,3-5,13H2,1-2H3,(H,34,35)/b18-12-,28-20-,31-19+/t14-/m1/s1. The van der Waals surface area contributed by atoms with Gasteiger partial charge in [0.25, 0.3) is 5.89 Å². The van der Waals surface area contributed by atoms with Gasteiger partial charge in [-0.1, -0.05) is 18.6 Å². The molecular formula is C24H25F3N6O3. The number of aliphatic imine (C=N–C) groups is 3. The highest BCUT2D eigenvalue weighted by Gasteiger charge is 2.34. The van der Waals surface area contributed by atoms with Crippen LogP contribution >= 0.6 is 0 Å². The fraction of sp³-hybridized carbons (Fsp3) is 0.375. The number of carboxylic acids is 1. The van der Waals surface area contributed by atoms with Gasteiger partial charge in [0.15, 0.2) is 11.7 Å². The average Bonchev–Trinajstić information content (AvgIpc) is 3.43.